The third-order valence-electron chi connectivity index (χ3n) is 4.50. The second kappa shape index (κ2) is 9.43. The molecule has 1 aliphatic rings. The molecule has 1 saturated carbocycles. The van der Waals surface area contributed by atoms with Crippen molar-refractivity contribution in [1.29, 1.82) is 0 Å². The van der Waals surface area contributed by atoms with Crippen LogP contribution in [0.5, 0.6) is 11.5 Å². The molecule has 160 valence electrons. The zero-order chi connectivity index (χ0) is 21.7. The van der Waals surface area contributed by atoms with Crippen molar-refractivity contribution < 1.29 is 23.0 Å². The number of primary amides is 1. The first-order valence-corrected chi connectivity index (χ1v) is 9.56. The molecule has 9 heteroatoms. The minimum Gasteiger partial charge on any atom is -0.492 e. The highest BCUT2D eigenvalue weighted by Crippen LogP contribution is 2.30. The van der Waals surface area contributed by atoms with E-state index in [-0.39, 0.29) is 35.4 Å². The van der Waals surface area contributed by atoms with E-state index in [1.165, 1.54) is 24.4 Å². The highest BCUT2D eigenvalue weighted by molar-refractivity contribution is 5.84. The summed E-state index contributed by atoms with van der Waals surface area (Å²) in [5.74, 6) is -0.243. The van der Waals surface area contributed by atoms with Crippen LogP contribution in [-0.4, -0.2) is 30.3 Å². The first kappa shape index (κ1) is 21.4. The van der Waals surface area contributed by atoms with E-state index in [4.69, 9.17) is 20.9 Å². The summed E-state index contributed by atoms with van der Waals surface area (Å²) < 4.78 is 40.2. The number of nitrogens with zero attached hydrogens (tertiary/aromatic N) is 1. The zero-order valence-corrected chi connectivity index (χ0v) is 16.5. The fourth-order valence-electron chi connectivity index (χ4n) is 2.66. The number of benzene rings is 1. The monoisotopic (exact) mass is 418 g/mol. The predicted octanol–water partition coefficient (Wildman–Crippen LogP) is 3.20. The molecular formula is C21H24F2N4O3. The summed E-state index contributed by atoms with van der Waals surface area (Å²) in [6.45, 7) is 2.39. The van der Waals surface area contributed by atoms with E-state index >= 15 is 0 Å². The fraction of sp³-hybridized carbons (Fsp3) is 0.333. The molecule has 0 unspecified atom stereocenters. The summed E-state index contributed by atoms with van der Waals surface area (Å²) in [5, 5.41) is 2.44. The first-order valence-electron chi connectivity index (χ1n) is 9.56. The highest BCUT2D eigenvalue weighted by atomic mass is 19.1. The summed E-state index contributed by atoms with van der Waals surface area (Å²) in [6.07, 6.45) is 3.75. The van der Waals surface area contributed by atoms with Crippen molar-refractivity contribution >= 4 is 17.6 Å². The van der Waals surface area contributed by atoms with Gasteiger partial charge in [-0.2, -0.15) is 0 Å². The maximum atomic E-state index is 14.7. The predicted molar refractivity (Wildman–Crippen MR) is 109 cm³/mol. The Morgan fingerprint density at radius 1 is 1.23 bits per heavy atom. The highest BCUT2D eigenvalue weighted by Gasteiger charge is 2.22. The van der Waals surface area contributed by atoms with Crippen molar-refractivity contribution in [1.82, 2.24) is 10.3 Å². The Kier molecular flexibility index (Phi) is 6.71. The lowest BCUT2D eigenvalue weighted by molar-refractivity contribution is 0.233. The van der Waals surface area contributed by atoms with Gasteiger partial charge in [-0.25, -0.2) is 18.6 Å². The number of carbonyl (C=O) groups excluding carboxylic acids is 1. The molecule has 0 spiro atoms. The van der Waals surface area contributed by atoms with E-state index < -0.39 is 17.7 Å². The number of hydrogen-bond acceptors (Lipinski definition) is 5. The molecule has 30 heavy (non-hydrogen) atoms. The molecule has 3 rings (SSSR count). The van der Waals surface area contributed by atoms with Gasteiger partial charge in [0.25, 0.3) is 0 Å². The van der Waals surface area contributed by atoms with Crippen LogP contribution in [0.3, 0.4) is 0 Å². The van der Waals surface area contributed by atoms with Crippen LogP contribution in [0.15, 0.2) is 36.5 Å². The number of nitrogens with one attached hydrogen (secondary N) is 1. The summed E-state index contributed by atoms with van der Waals surface area (Å²) >= 11 is 0. The zero-order valence-electron chi connectivity index (χ0n) is 16.5. The molecule has 7 nitrogen and oxygen atoms in total. The molecule has 0 saturated heterocycles. The van der Waals surface area contributed by atoms with Crippen molar-refractivity contribution in [2.75, 3.05) is 13.2 Å². The Bertz CT molecular complexity index is 930. The number of carbonyl (C=O) groups is 1. The number of amides is 2. The summed E-state index contributed by atoms with van der Waals surface area (Å²) in [7, 11) is 0. The van der Waals surface area contributed by atoms with Crippen molar-refractivity contribution in [2.45, 2.75) is 25.8 Å². The van der Waals surface area contributed by atoms with Gasteiger partial charge in [-0.1, -0.05) is 0 Å². The summed E-state index contributed by atoms with van der Waals surface area (Å²) in [4.78, 5) is 14.8. The van der Waals surface area contributed by atoms with Crippen LogP contribution in [0, 0.1) is 11.7 Å². The molecule has 1 atom stereocenters. The van der Waals surface area contributed by atoms with Crippen LogP contribution < -0.4 is 26.3 Å². The van der Waals surface area contributed by atoms with Gasteiger partial charge >= 0.3 is 6.03 Å². The molecule has 1 heterocycles. The molecule has 1 fully saturated rings. The van der Waals surface area contributed by atoms with Crippen LogP contribution in [0.2, 0.25) is 0 Å². The second-order valence-electron chi connectivity index (χ2n) is 7.22. The number of halogens is 2. The van der Waals surface area contributed by atoms with Gasteiger partial charge < -0.3 is 26.3 Å². The molecule has 0 bridgehead atoms. The van der Waals surface area contributed by atoms with Gasteiger partial charge in [-0.05, 0) is 49.9 Å². The fourth-order valence-corrected chi connectivity index (χ4v) is 2.66. The van der Waals surface area contributed by atoms with E-state index in [1.54, 1.807) is 13.0 Å². The second-order valence-corrected chi connectivity index (χ2v) is 7.22. The Balaban J connectivity index is 1.67. The number of ether oxygens (including phenoxy) is 2. The summed E-state index contributed by atoms with van der Waals surface area (Å²) in [5.41, 5.74) is 10.4. The number of rotatable bonds is 9. The van der Waals surface area contributed by atoms with Crippen LogP contribution in [0.1, 0.15) is 31.0 Å². The first-order chi connectivity index (χ1) is 14.3. The minimum atomic E-state index is -0.837. The van der Waals surface area contributed by atoms with Gasteiger partial charge in [0.1, 0.15) is 29.6 Å². The van der Waals surface area contributed by atoms with Gasteiger partial charge in [0, 0.05) is 11.6 Å². The van der Waals surface area contributed by atoms with Gasteiger partial charge in [0.15, 0.2) is 5.83 Å². The average molecular weight is 418 g/mol. The standard InChI is InChI=1S/C21H24F2N4O3/c1-12(27-21(25)28)10-29-14-4-6-16(17(22)8-14)20(24)19(23)18-7-5-15(9-26-18)30-11-13-2-3-13/h4-9,12-13H,2-3,10-11,24H2,1H3,(H3,25,27,28)/t12-/m0/s1. The van der Waals surface area contributed by atoms with Gasteiger partial charge in [-0.3, -0.25) is 0 Å². The van der Waals surface area contributed by atoms with E-state index in [2.05, 4.69) is 10.3 Å². The van der Waals surface area contributed by atoms with E-state index in [9.17, 15) is 13.6 Å². The smallest absolute Gasteiger partial charge is 0.312 e. The van der Waals surface area contributed by atoms with Gasteiger partial charge in [0.2, 0.25) is 0 Å². The van der Waals surface area contributed by atoms with Crippen molar-refractivity contribution in [3.8, 4) is 11.5 Å². The normalized spacial score (nSPS) is 15.2. The Morgan fingerprint density at radius 3 is 2.57 bits per heavy atom. The Hall–Kier alpha value is -3.36. The molecule has 1 aliphatic carbocycles. The van der Waals surface area contributed by atoms with Gasteiger partial charge in [-0.15, -0.1) is 0 Å². The summed E-state index contributed by atoms with van der Waals surface area (Å²) in [6, 6.07) is 5.86. The average Bonchev–Trinajstić information content (AvgIpc) is 3.54. The van der Waals surface area contributed by atoms with E-state index in [1.807, 2.05) is 0 Å². The third-order valence-corrected chi connectivity index (χ3v) is 4.50. The maximum Gasteiger partial charge on any atom is 0.312 e. The maximum absolute atomic E-state index is 14.7. The molecule has 5 N–H and O–H groups in total. The lowest BCUT2D eigenvalue weighted by Crippen LogP contribution is -2.40. The molecule has 0 radical (unpaired) electrons. The van der Waals surface area contributed by atoms with Crippen LogP contribution in [0.4, 0.5) is 13.6 Å². The molecule has 2 amide bonds. The van der Waals surface area contributed by atoms with Crippen molar-refractivity contribution in [3.63, 3.8) is 0 Å². The van der Waals surface area contributed by atoms with Gasteiger partial charge in [0.05, 0.1) is 24.5 Å². The molecule has 2 aromatic rings. The van der Waals surface area contributed by atoms with Crippen molar-refractivity contribution in [3.05, 3.63) is 53.6 Å². The SMILES string of the molecule is C[C@@H](COc1ccc(C(N)=C(F)c2ccc(OCC3CC3)cn2)c(F)c1)NC(N)=O. The largest absolute Gasteiger partial charge is 0.492 e. The molecular weight excluding hydrogens is 394 g/mol. The third kappa shape index (κ3) is 5.82. The van der Waals surface area contributed by atoms with Crippen LogP contribution in [0.25, 0.3) is 11.5 Å². The lowest BCUT2D eigenvalue weighted by atomic mass is 10.1. The number of urea groups is 1. The minimum absolute atomic E-state index is 0.0163. The topological polar surface area (TPSA) is 112 Å². The number of hydrogen-bond donors (Lipinski definition) is 3. The Morgan fingerprint density at radius 2 is 1.97 bits per heavy atom. The molecule has 1 aromatic carbocycles. The number of pyridine rings is 1. The number of nitrogens with two attached hydrogens (primary N) is 2. The van der Waals surface area contributed by atoms with Crippen LogP contribution in [-0.2, 0) is 0 Å². The lowest BCUT2D eigenvalue weighted by Gasteiger charge is -2.14. The van der Waals surface area contributed by atoms with Crippen LogP contribution >= 0.6 is 0 Å². The number of aromatic nitrogens is 1. The molecule has 1 aromatic heterocycles. The molecule has 0 aliphatic heterocycles. The Labute approximate surface area is 173 Å². The van der Waals surface area contributed by atoms with E-state index in [0.29, 0.717) is 18.3 Å². The van der Waals surface area contributed by atoms with E-state index in [0.717, 1.165) is 18.9 Å². The van der Waals surface area contributed by atoms with Crippen molar-refractivity contribution in [2.24, 2.45) is 17.4 Å². The quantitative estimate of drug-likeness (QED) is 0.579.